The predicted molar refractivity (Wildman–Crippen MR) is 122 cm³/mol. The van der Waals surface area contributed by atoms with Crippen LogP contribution in [0, 0.1) is 6.92 Å². The summed E-state index contributed by atoms with van der Waals surface area (Å²) in [5.41, 5.74) is 1.47. The molecule has 1 aromatic carbocycles. The minimum Gasteiger partial charge on any atom is -0.462 e. The number of ether oxygens (including phenoxy) is 3. The zero-order valence-electron chi connectivity index (χ0n) is 18.5. The van der Waals surface area contributed by atoms with Crippen LogP contribution in [0.25, 0.3) is 6.08 Å². The third kappa shape index (κ3) is 4.94. The van der Waals surface area contributed by atoms with Crippen molar-refractivity contribution in [1.29, 1.82) is 0 Å². The molecule has 2 aromatic rings. The van der Waals surface area contributed by atoms with Gasteiger partial charge in [0.15, 0.2) is 11.5 Å². The number of carbonyl (C=O) groups excluding carboxylic acids is 3. The molecule has 170 valence electrons. The number of hydrogen-bond donors (Lipinski definition) is 1. The monoisotopic (exact) mass is 458 g/mol. The molecule has 2 heterocycles. The maximum Gasteiger partial charge on any atom is 0.341 e. The topological polar surface area (TPSA) is 94.2 Å². The van der Waals surface area contributed by atoms with Crippen LogP contribution in [-0.4, -0.2) is 49.2 Å². The highest BCUT2D eigenvalue weighted by molar-refractivity contribution is 7.18. The summed E-state index contributed by atoms with van der Waals surface area (Å²) in [7, 11) is 0. The van der Waals surface area contributed by atoms with Gasteiger partial charge in [-0.1, -0.05) is 6.07 Å². The Balaban J connectivity index is 1.85. The molecule has 3 rings (SSSR count). The lowest BCUT2D eigenvalue weighted by Gasteiger charge is -2.18. The average molecular weight is 459 g/mol. The number of fused-ring (bicyclic) bond motifs is 1. The van der Waals surface area contributed by atoms with E-state index in [4.69, 9.17) is 14.2 Å². The van der Waals surface area contributed by atoms with Crippen LogP contribution in [-0.2, 0) is 9.53 Å². The van der Waals surface area contributed by atoms with E-state index in [0.717, 1.165) is 16.9 Å². The molecule has 0 radical (unpaired) electrons. The van der Waals surface area contributed by atoms with Crippen molar-refractivity contribution in [2.45, 2.75) is 27.7 Å². The molecule has 0 spiro atoms. The van der Waals surface area contributed by atoms with E-state index in [-0.39, 0.29) is 29.9 Å². The lowest BCUT2D eigenvalue weighted by atomic mass is 10.1. The van der Waals surface area contributed by atoms with Crippen LogP contribution >= 0.6 is 11.3 Å². The van der Waals surface area contributed by atoms with Crippen molar-refractivity contribution >= 4 is 40.2 Å². The number of carbonyl (C=O) groups is 3. The Kier molecular flexibility index (Phi) is 7.53. The number of nitrogens with one attached hydrogen (secondary N) is 1. The fourth-order valence-corrected chi connectivity index (χ4v) is 4.42. The van der Waals surface area contributed by atoms with Crippen molar-refractivity contribution in [2.24, 2.45) is 0 Å². The first-order chi connectivity index (χ1) is 15.4. The molecule has 1 aliphatic rings. The molecule has 0 unspecified atom stereocenters. The normalized spacial score (nSPS) is 12.1. The van der Waals surface area contributed by atoms with Gasteiger partial charge < -0.3 is 24.4 Å². The second kappa shape index (κ2) is 10.3. The van der Waals surface area contributed by atoms with E-state index in [1.807, 2.05) is 13.8 Å². The van der Waals surface area contributed by atoms with Gasteiger partial charge in [-0.15, -0.1) is 11.3 Å². The largest absolute Gasteiger partial charge is 0.462 e. The van der Waals surface area contributed by atoms with Gasteiger partial charge in [-0.25, -0.2) is 4.79 Å². The molecule has 8 nitrogen and oxygen atoms in total. The summed E-state index contributed by atoms with van der Waals surface area (Å²) in [5, 5.41) is 3.02. The zero-order valence-corrected chi connectivity index (χ0v) is 19.3. The number of anilines is 1. The Bertz CT molecular complexity index is 1050. The van der Waals surface area contributed by atoms with Gasteiger partial charge in [-0.2, -0.15) is 0 Å². The Morgan fingerprint density at radius 2 is 1.88 bits per heavy atom. The van der Waals surface area contributed by atoms with Crippen LogP contribution in [0.15, 0.2) is 24.3 Å². The number of amides is 2. The van der Waals surface area contributed by atoms with Crippen LogP contribution in [0.3, 0.4) is 0 Å². The van der Waals surface area contributed by atoms with E-state index in [2.05, 4.69) is 5.32 Å². The van der Waals surface area contributed by atoms with Crippen LogP contribution in [0.2, 0.25) is 0 Å². The van der Waals surface area contributed by atoms with Crippen molar-refractivity contribution in [3.8, 4) is 11.5 Å². The fourth-order valence-electron chi connectivity index (χ4n) is 3.25. The summed E-state index contributed by atoms with van der Waals surface area (Å²) in [6.45, 7) is 8.62. The first kappa shape index (κ1) is 23.3. The number of nitrogens with zero attached hydrogens (tertiary/aromatic N) is 1. The minimum absolute atomic E-state index is 0.173. The summed E-state index contributed by atoms with van der Waals surface area (Å²) in [5.74, 6) is 0.0846. The Morgan fingerprint density at radius 1 is 1.16 bits per heavy atom. The molecule has 0 bridgehead atoms. The summed E-state index contributed by atoms with van der Waals surface area (Å²) in [4.78, 5) is 40.1. The van der Waals surface area contributed by atoms with Gasteiger partial charge in [0.05, 0.1) is 17.0 Å². The molecule has 0 aliphatic carbocycles. The van der Waals surface area contributed by atoms with Crippen molar-refractivity contribution in [3.63, 3.8) is 0 Å². The van der Waals surface area contributed by atoms with Gasteiger partial charge in [0.1, 0.15) is 5.00 Å². The van der Waals surface area contributed by atoms with E-state index in [0.29, 0.717) is 35.0 Å². The smallest absolute Gasteiger partial charge is 0.341 e. The van der Waals surface area contributed by atoms with Gasteiger partial charge in [-0.3, -0.25) is 9.59 Å². The molecule has 32 heavy (non-hydrogen) atoms. The SMILES string of the molecule is CCOC(=O)c1c(NC(=O)/C=C/c2ccc3c(c2)OCO3)sc(C(=O)N(CC)CC)c1C. The highest BCUT2D eigenvalue weighted by Crippen LogP contribution is 2.35. The molecule has 1 aliphatic heterocycles. The number of thiophene rings is 1. The molecule has 2 amide bonds. The van der Waals surface area contributed by atoms with Crippen LogP contribution in [0.4, 0.5) is 5.00 Å². The van der Waals surface area contributed by atoms with Gasteiger partial charge in [0.25, 0.3) is 5.91 Å². The van der Waals surface area contributed by atoms with Gasteiger partial charge in [0, 0.05) is 19.2 Å². The van der Waals surface area contributed by atoms with Crippen molar-refractivity contribution in [3.05, 3.63) is 45.8 Å². The molecule has 0 saturated carbocycles. The third-order valence-corrected chi connectivity index (χ3v) is 6.13. The van der Waals surface area contributed by atoms with Crippen molar-refractivity contribution in [2.75, 3.05) is 31.8 Å². The fraction of sp³-hybridized carbons (Fsp3) is 0.348. The predicted octanol–water partition coefficient (Wildman–Crippen LogP) is 4.10. The molecule has 0 atom stereocenters. The Morgan fingerprint density at radius 3 is 2.56 bits per heavy atom. The van der Waals surface area contributed by atoms with E-state index in [9.17, 15) is 14.4 Å². The van der Waals surface area contributed by atoms with Crippen molar-refractivity contribution < 1.29 is 28.6 Å². The van der Waals surface area contributed by atoms with Gasteiger partial charge in [-0.05, 0) is 57.0 Å². The standard InChI is InChI=1S/C23H26N2O6S/c1-5-25(6-2)22(27)20-14(4)19(23(28)29-7-3)21(32-20)24-18(26)11-9-15-8-10-16-17(12-15)31-13-30-16/h8-12H,5-7,13H2,1-4H3,(H,24,26)/b11-9+. The summed E-state index contributed by atoms with van der Waals surface area (Å²) in [6.07, 6.45) is 2.98. The molecular formula is C23H26N2O6S. The molecular weight excluding hydrogens is 432 g/mol. The first-order valence-electron chi connectivity index (χ1n) is 10.4. The molecule has 9 heteroatoms. The van der Waals surface area contributed by atoms with Crippen LogP contribution in [0.1, 0.15) is 51.9 Å². The second-order valence-corrected chi connectivity index (χ2v) is 7.91. The third-order valence-electron chi connectivity index (χ3n) is 4.93. The number of hydrogen-bond acceptors (Lipinski definition) is 7. The van der Waals surface area contributed by atoms with Gasteiger partial charge in [0.2, 0.25) is 12.7 Å². The molecule has 0 fully saturated rings. The number of rotatable bonds is 8. The Labute approximate surface area is 190 Å². The van der Waals surface area contributed by atoms with E-state index in [1.165, 1.54) is 6.08 Å². The van der Waals surface area contributed by atoms with E-state index >= 15 is 0 Å². The highest BCUT2D eigenvalue weighted by atomic mass is 32.1. The van der Waals surface area contributed by atoms with Crippen LogP contribution in [0.5, 0.6) is 11.5 Å². The second-order valence-electron chi connectivity index (χ2n) is 6.89. The first-order valence-corrected chi connectivity index (χ1v) is 11.2. The molecule has 1 aromatic heterocycles. The molecule has 0 saturated heterocycles. The van der Waals surface area contributed by atoms with E-state index < -0.39 is 11.9 Å². The summed E-state index contributed by atoms with van der Waals surface area (Å²) >= 11 is 1.08. The quantitative estimate of drug-likeness (QED) is 0.473. The summed E-state index contributed by atoms with van der Waals surface area (Å²) < 4.78 is 15.8. The highest BCUT2D eigenvalue weighted by Gasteiger charge is 2.28. The number of esters is 1. The summed E-state index contributed by atoms with van der Waals surface area (Å²) in [6, 6.07) is 5.34. The molecule has 1 N–H and O–H groups in total. The lowest BCUT2D eigenvalue weighted by molar-refractivity contribution is -0.111. The van der Waals surface area contributed by atoms with Crippen molar-refractivity contribution in [1.82, 2.24) is 4.90 Å². The maximum atomic E-state index is 12.9. The lowest BCUT2D eigenvalue weighted by Crippen LogP contribution is -2.30. The van der Waals surface area contributed by atoms with Gasteiger partial charge >= 0.3 is 5.97 Å². The number of benzene rings is 1. The minimum atomic E-state index is -0.574. The Hall–Kier alpha value is -3.33. The zero-order chi connectivity index (χ0) is 23.3. The average Bonchev–Trinajstić information content (AvgIpc) is 3.37. The van der Waals surface area contributed by atoms with E-state index in [1.54, 1.807) is 43.0 Å². The maximum absolute atomic E-state index is 12.9. The van der Waals surface area contributed by atoms with Crippen LogP contribution < -0.4 is 14.8 Å².